The van der Waals surface area contributed by atoms with Crippen LogP contribution in [0.4, 0.5) is 0 Å². The van der Waals surface area contributed by atoms with Gasteiger partial charge in [-0.25, -0.2) is 0 Å². The summed E-state index contributed by atoms with van der Waals surface area (Å²) >= 11 is 1.65. The molecule has 25 heavy (non-hydrogen) atoms. The molecule has 0 spiro atoms. The van der Waals surface area contributed by atoms with Crippen LogP contribution in [0, 0.1) is 5.92 Å². The van der Waals surface area contributed by atoms with E-state index in [1.807, 2.05) is 35.4 Å². The molecule has 2 aliphatic heterocycles. The number of ketones is 1. The van der Waals surface area contributed by atoms with Crippen LogP contribution in [0.25, 0.3) is 0 Å². The summed E-state index contributed by atoms with van der Waals surface area (Å²) in [5.74, 6) is 0.586. The van der Waals surface area contributed by atoms with Crippen molar-refractivity contribution in [1.82, 2.24) is 9.80 Å². The number of carbonyl (C=O) groups excluding carboxylic acids is 2. The normalized spacial score (nSPS) is 22.8. The molecule has 0 bridgehead atoms. The Morgan fingerprint density at radius 2 is 1.80 bits per heavy atom. The zero-order valence-electron chi connectivity index (χ0n) is 15.2. The van der Waals surface area contributed by atoms with Gasteiger partial charge in [-0.3, -0.25) is 14.5 Å². The third kappa shape index (κ3) is 4.26. The predicted molar refractivity (Wildman–Crippen MR) is 102 cm³/mol. The molecule has 1 aromatic rings. The van der Waals surface area contributed by atoms with Crippen molar-refractivity contribution in [1.29, 1.82) is 0 Å². The highest BCUT2D eigenvalue weighted by molar-refractivity contribution is 7.98. The number of carbonyl (C=O) groups is 2. The van der Waals surface area contributed by atoms with Crippen molar-refractivity contribution in [3.63, 3.8) is 0 Å². The van der Waals surface area contributed by atoms with Gasteiger partial charge in [-0.15, -0.1) is 11.8 Å². The number of benzene rings is 1. The average Bonchev–Trinajstić information content (AvgIpc) is 2.67. The molecule has 1 amide bonds. The second-order valence-electron chi connectivity index (χ2n) is 7.14. The summed E-state index contributed by atoms with van der Waals surface area (Å²) in [7, 11) is 0. The minimum Gasteiger partial charge on any atom is -0.343 e. The van der Waals surface area contributed by atoms with Crippen LogP contribution in [0.2, 0.25) is 0 Å². The van der Waals surface area contributed by atoms with E-state index < -0.39 is 0 Å². The van der Waals surface area contributed by atoms with Crippen molar-refractivity contribution in [3.05, 3.63) is 29.8 Å². The van der Waals surface area contributed by atoms with E-state index in [4.69, 9.17) is 0 Å². The fraction of sp³-hybridized carbons (Fsp3) is 0.600. The molecule has 2 aliphatic rings. The highest BCUT2D eigenvalue weighted by atomic mass is 32.2. The summed E-state index contributed by atoms with van der Waals surface area (Å²) in [6.45, 7) is 5.30. The quantitative estimate of drug-likeness (QED) is 0.610. The lowest BCUT2D eigenvalue weighted by Crippen LogP contribution is -2.50. The van der Waals surface area contributed by atoms with E-state index in [9.17, 15) is 9.59 Å². The number of piperidine rings is 2. The van der Waals surface area contributed by atoms with E-state index in [1.54, 1.807) is 18.7 Å². The van der Waals surface area contributed by atoms with Crippen LogP contribution in [0.3, 0.4) is 0 Å². The number of nitrogens with zero attached hydrogens (tertiary/aromatic N) is 2. The molecule has 5 heteroatoms. The number of hydrogen-bond acceptors (Lipinski definition) is 4. The van der Waals surface area contributed by atoms with Crippen molar-refractivity contribution >= 4 is 23.5 Å². The lowest BCUT2D eigenvalue weighted by molar-refractivity contribution is -0.130. The molecule has 0 radical (unpaired) electrons. The second kappa shape index (κ2) is 8.37. The molecular weight excluding hydrogens is 332 g/mol. The van der Waals surface area contributed by atoms with E-state index >= 15 is 0 Å². The Labute approximate surface area is 154 Å². The minimum absolute atomic E-state index is 0.105. The molecule has 2 heterocycles. The molecule has 1 atom stereocenters. The average molecular weight is 361 g/mol. The molecule has 0 aliphatic carbocycles. The third-order valence-corrected chi connectivity index (χ3v) is 6.42. The van der Waals surface area contributed by atoms with E-state index in [1.165, 1.54) is 0 Å². The Hall–Kier alpha value is -1.33. The fourth-order valence-electron chi connectivity index (χ4n) is 4.17. The van der Waals surface area contributed by atoms with Gasteiger partial charge < -0.3 is 4.90 Å². The van der Waals surface area contributed by atoms with Crippen LogP contribution in [-0.2, 0) is 4.79 Å². The maximum atomic E-state index is 13.1. The third-order valence-electron chi connectivity index (χ3n) is 5.62. The lowest BCUT2D eigenvalue weighted by Gasteiger charge is -2.42. The maximum Gasteiger partial charge on any atom is 0.219 e. The molecule has 2 saturated heterocycles. The number of thioether (sulfide) groups is 1. The number of hydrogen-bond donors (Lipinski definition) is 0. The van der Waals surface area contributed by atoms with E-state index in [0.717, 1.165) is 62.3 Å². The van der Waals surface area contributed by atoms with Gasteiger partial charge in [-0.05, 0) is 44.6 Å². The zero-order valence-corrected chi connectivity index (χ0v) is 16.1. The summed E-state index contributed by atoms with van der Waals surface area (Å²) in [6.07, 6.45) is 6.17. The molecule has 1 aromatic carbocycles. The largest absolute Gasteiger partial charge is 0.343 e. The topological polar surface area (TPSA) is 40.6 Å². The van der Waals surface area contributed by atoms with Crippen LogP contribution >= 0.6 is 11.8 Å². The van der Waals surface area contributed by atoms with E-state index in [-0.39, 0.29) is 11.8 Å². The first-order valence-electron chi connectivity index (χ1n) is 9.27. The SMILES string of the molecule is CSc1ccccc1C(=O)C1CCCN(C2CCN(C(C)=O)CC2)C1. The van der Waals surface area contributed by atoms with Crippen molar-refractivity contribution in [2.45, 2.75) is 43.5 Å². The number of Topliss-reactive ketones (excluding diaryl/α,β-unsaturated/α-hetero) is 1. The Kier molecular flexibility index (Phi) is 6.18. The van der Waals surface area contributed by atoms with Gasteiger partial charge in [-0.1, -0.05) is 18.2 Å². The smallest absolute Gasteiger partial charge is 0.219 e. The highest BCUT2D eigenvalue weighted by Crippen LogP contribution is 2.29. The van der Waals surface area contributed by atoms with Gasteiger partial charge in [0.25, 0.3) is 0 Å². The van der Waals surface area contributed by atoms with Gasteiger partial charge >= 0.3 is 0 Å². The van der Waals surface area contributed by atoms with Crippen molar-refractivity contribution in [2.24, 2.45) is 5.92 Å². The Morgan fingerprint density at radius 1 is 1.08 bits per heavy atom. The molecule has 0 N–H and O–H groups in total. The first-order valence-corrected chi connectivity index (χ1v) is 10.5. The number of amides is 1. The van der Waals surface area contributed by atoms with Crippen LogP contribution in [0.1, 0.15) is 43.0 Å². The molecule has 4 nitrogen and oxygen atoms in total. The molecule has 136 valence electrons. The summed E-state index contributed by atoms with van der Waals surface area (Å²) in [5, 5.41) is 0. The first-order chi connectivity index (χ1) is 12.1. The van der Waals surface area contributed by atoms with E-state index in [0.29, 0.717) is 11.8 Å². The van der Waals surface area contributed by atoms with Crippen molar-refractivity contribution in [3.8, 4) is 0 Å². The zero-order chi connectivity index (χ0) is 17.8. The molecule has 0 saturated carbocycles. The summed E-state index contributed by atoms with van der Waals surface area (Å²) in [5.41, 5.74) is 0.883. The Bertz CT molecular complexity index is 626. The van der Waals surface area contributed by atoms with Crippen LogP contribution in [-0.4, -0.2) is 60.0 Å². The van der Waals surface area contributed by atoms with Gasteiger partial charge in [0.1, 0.15) is 0 Å². The number of rotatable bonds is 4. The predicted octanol–water partition coefficient (Wildman–Crippen LogP) is 3.31. The summed E-state index contributed by atoms with van der Waals surface area (Å²) in [4.78, 5) is 30.1. The van der Waals surface area contributed by atoms with Crippen LogP contribution < -0.4 is 0 Å². The Morgan fingerprint density at radius 3 is 2.48 bits per heavy atom. The minimum atomic E-state index is 0.105. The van der Waals surface area contributed by atoms with Gasteiger partial charge in [0.05, 0.1) is 0 Å². The van der Waals surface area contributed by atoms with Crippen molar-refractivity contribution < 1.29 is 9.59 Å². The molecular formula is C20H28N2O2S. The highest BCUT2D eigenvalue weighted by Gasteiger charge is 2.32. The van der Waals surface area contributed by atoms with Gasteiger partial charge in [0, 0.05) is 49.0 Å². The fourth-order valence-corrected chi connectivity index (χ4v) is 4.77. The number of likely N-dealkylation sites (tertiary alicyclic amines) is 2. The first kappa shape index (κ1) is 18.5. The second-order valence-corrected chi connectivity index (χ2v) is 7.98. The van der Waals surface area contributed by atoms with E-state index in [2.05, 4.69) is 4.90 Å². The standard InChI is InChI=1S/C20H28N2O2S/c1-15(23)21-12-9-17(10-13-21)22-11-5-6-16(14-22)20(24)18-7-3-4-8-19(18)25-2/h3-4,7-8,16-17H,5-6,9-14H2,1-2H3. The van der Waals surface area contributed by atoms with Gasteiger partial charge in [0.2, 0.25) is 5.91 Å². The summed E-state index contributed by atoms with van der Waals surface area (Å²) < 4.78 is 0. The van der Waals surface area contributed by atoms with Crippen molar-refractivity contribution in [2.75, 3.05) is 32.4 Å². The van der Waals surface area contributed by atoms with Crippen LogP contribution in [0.15, 0.2) is 29.2 Å². The lowest BCUT2D eigenvalue weighted by atomic mass is 9.88. The molecule has 3 rings (SSSR count). The maximum absolute atomic E-state index is 13.1. The molecule has 2 fully saturated rings. The molecule has 0 aromatic heterocycles. The Balaban J connectivity index is 1.63. The molecule has 1 unspecified atom stereocenters. The van der Waals surface area contributed by atoms with Crippen LogP contribution in [0.5, 0.6) is 0 Å². The van der Waals surface area contributed by atoms with Gasteiger partial charge in [-0.2, -0.15) is 0 Å². The van der Waals surface area contributed by atoms with Gasteiger partial charge in [0.15, 0.2) is 5.78 Å². The summed E-state index contributed by atoms with van der Waals surface area (Å²) in [6, 6.07) is 8.49. The monoisotopic (exact) mass is 360 g/mol.